The van der Waals surface area contributed by atoms with Crippen LogP contribution in [0.15, 0.2) is 66.9 Å². The fourth-order valence-electron chi connectivity index (χ4n) is 2.85. The van der Waals surface area contributed by atoms with Crippen LogP contribution in [0.1, 0.15) is 27.2 Å². The summed E-state index contributed by atoms with van der Waals surface area (Å²) in [7, 11) is 0. The van der Waals surface area contributed by atoms with Gasteiger partial charge in [-0.2, -0.15) is 5.10 Å². The number of carbonyl (C=O) groups excluding carboxylic acids is 1. The highest BCUT2D eigenvalue weighted by molar-refractivity contribution is 6.04. The summed E-state index contributed by atoms with van der Waals surface area (Å²) in [6.45, 7) is 5.92. The van der Waals surface area contributed by atoms with Gasteiger partial charge >= 0.3 is 0 Å². The highest BCUT2D eigenvalue weighted by Gasteiger charge is 2.08. The summed E-state index contributed by atoms with van der Waals surface area (Å²) in [6, 6.07) is 18.2. The third-order valence-corrected chi connectivity index (χ3v) is 4.69. The number of rotatable bonds is 5. The Bertz CT molecular complexity index is 1180. The minimum Gasteiger partial charge on any atom is -0.438 e. The zero-order chi connectivity index (χ0) is 21.1. The minimum absolute atomic E-state index is 0.151. The summed E-state index contributed by atoms with van der Waals surface area (Å²) in [6.07, 6.45) is 1.82. The maximum Gasteiger partial charge on any atom is 0.255 e. The molecule has 0 aliphatic rings. The van der Waals surface area contributed by atoms with Crippen LogP contribution in [0.3, 0.4) is 0 Å². The number of hydrogen-bond donors (Lipinski definition) is 1. The van der Waals surface area contributed by atoms with Crippen molar-refractivity contribution in [3.63, 3.8) is 0 Å². The molecule has 0 unspecified atom stereocenters. The van der Waals surface area contributed by atoms with Crippen LogP contribution in [0.2, 0.25) is 0 Å². The Hall–Kier alpha value is -4.00. The lowest BCUT2D eigenvalue weighted by Crippen LogP contribution is -2.12. The number of aromatic nitrogens is 4. The van der Waals surface area contributed by atoms with Gasteiger partial charge in [0.1, 0.15) is 5.75 Å². The van der Waals surface area contributed by atoms with Crippen LogP contribution in [-0.2, 0) is 0 Å². The molecule has 0 aliphatic heterocycles. The SMILES string of the molecule is Cc1ccn(-c2ccc(Oc3ccc(NC(=O)c4ccc(C)c(C)c4)cc3)nn2)n1. The molecule has 0 aliphatic carbocycles. The zero-order valence-corrected chi connectivity index (χ0v) is 17.0. The van der Waals surface area contributed by atoms with Crippen LogP contribution in [0.25, 0.3) is 5.82 Å². The summed E-state index contributed by atoms with van der Waals surface area (Å²) in [5, 5.41) is 15.4. The molecule has 7 nitrogen and oxygen atoms in total. The average molecular weight is 399 g/mol. The number of anilines is 1. The first-order valence-electron chi connectivity index (χ1n) is 9.51. The topological polar surface area (TPSA) is 81.9 Å². The van der Waals surface area contributed by atoms with Gasteiger partial charge in [-0.15, -0.1) is 10.2 Å². The van der Waals surface area contributed by atoms with E-state index in [-0.39, 0.29) is 5.91 Å². The van der Waals surface area contributed by atoms with E-state index in [1.807, 2.05) is 51.2 Å². The number of hydrogen-bond acceptors (Lipinski definition) is 5. The lowest BCUT2D eigenvalue weighted by molar-refractivity contribution is 0.102. The van der Waals surface area contributed by atoms with Gasteiger partial charge in [-0.05, 0) is 80.4 Å². The summed E-state index contributed by atoms with van der Waals surface area (Å²) in [4.78, 5) is 12.4. The number of nitrogens with zero attached hydrogens (tertiary/aromatic N) is 4. The van der Waals surface area contributed by atoms with Crippen LogP contribution in [0.4, 0.5) is 5.69 Å². The molecule has 2 aromatic heterocycles. The summed E-state index contributed by atoms with van der Waals surface area (Å²) < 4.78 is 7.38. The van der Waals surface area contributed by atoms with Crippen molar-refractivity contribution >= 4 is 11.6 Å². The number of ether oxygens (including phenoxy) is 1. The van der Waals surface area contributed by atoms with Crippen LogP contribution >= 0.6 is 0 Å². The van der Waals surface area contributed by atoms with E-state index < -0.39 is 0 Å². The standard InChI is InChI=1S/C23H21N5O2/c1-15-4-5-18(14-16(15)2)23(29)24-19-6-8-20(9-7-19)30-22-11-10-21(25-26-22)28-13-12-17(3)27-28/h4-14H,1-3H3,(H,24,29). The Morgan fingerprint density at radius 1 is 0.900 bits per heavy atom. The number of nitrogens with one attached hydrogen (secondary N) is 1. The number of benzene rings is 2. The fourth-order valence-corrected chi connectivity index (χ4v) is 2.85. The van der Waals surface area contributed by atoms with Crippen molar-refractivity contribution in [3.8, 4) is 17.4 Å². The highest BCUT2D eigenvalue weighted by atomic mass is 16.5. The Morgan fingerprint density at radius 3 is 2.33 bits per heavy atom. The molecular weight excluding hydrogens is 378 g/mol. The van der Waals surface area contributed by atoms with Crippen molar-refractivity contribution in [1.29, 1.82) is 0 Å². The van der Waals surface area contributed by atoms with E-state index in [1.54, 1.807) is 41.1 Å². The van der Waals surface area contributed by atoms with E-state index in [9.17, 15) is 4.79 Å². The van der Waals surface area contributed by atoms with Gasteiger partial charge < -0.3 is 10.1 Å². The largest absolute Gasteiger partial charge is 0.438 e. The molecule has 0 radical (unpaired) electrons. The first-order chi connectivity index (χ1) is 14.5. The van der Waals surface area contributed by atoms with Crippen LogP contribution in [0.5, 0.6) is 11.6 Å². The number of carbonyl (C=O) groups is 1. The number of aryl methyl sites for hydroxylation is 3. The van der Waals surface area contributed by atoms with Crippen molar-refractivity contribution in [2.45, 2.75) is 20.8 Å². The molecule has 150 valence electrons. The van der Waals surface area contributed by atoms with Crippen molar-refractivity contribution in [1.82, 2.24) is 20.0 Å². The van der Waals surface area contributed by atoms with Crippen molar-refractivity contribution < 1.29 is 9.53 Å². The predicted molar refractivity (Wildman–Crippen MR) is 114 cm³/mol. The highest BCUT2D eigenvalue weighted by Crippen LogP contribution is 2.22. The Labute approximate surface area is 174 Å². The Morgan fingerprint density at radius 2 is 1.70 bits per heavy atom. The van der Waals surface area contributed by atoms with E-state index in [4.69, 9.17) is 4.74 Å². The first-order valence-corrected chi connectivity index (χ1v) is 9.51. The fraction of sp³-hybridized carbons (Fsp3) is 0.130. The van der Waals surface area contributed by atoms with Crippen molar-refractivity contribution in [2.75, 3.05) is 5.32 Å². The van der Waals surface area contributed by atoms with Gasteiger partial charge in [0, 0.05) is 23.5 Å². The molecule has 2 heterocycles. The molecule has 0 spiro atoms. The summed E-state index contributed by atoms with van der Waals surface area (Å²) >= 11 is 0. The summed E-state index contributed by atoms with van der Waals surface area (Å²) in [5.74, 6) is 1.42. The average Bonchev–Trinajstić information content (AvgIpc) is 3.18. The van der Waals surface area contributed by atoms with E-state index in [2.05, 4.69) is 20.6 Å². The van der Waals surface area contributed by atoms with Gasteiger partial charge in [0.25, 0.3) is 5.91 Å². The van der Waals surface area contributed by atoms with Crippen LogP contribution in [-0.4, -0.2) is 25.9 Å². The molecule has 4 aromatic rings. The van der Waals surface area contributed by atoms with Gasteiger partial charge in [-0.25, -0.2) is 4.68 Å². The Kier molecular flexibility index (Phi) is 5.26. The summed E-state index contributed by atoms with van der Waals surface area (Å²) in [5.41, 5.74) is 4.45. The zero-order valence-electron chi connectivity index (χ0n) is 17.0. The lowest BCUT2D eigenvalue weighted by atomic mass is 10.1. The molecule has 1 amide bonds. The maximum absolute atomic E-state index is 12.4. The van der Waals surface area contributed by atoms with Crippen molar-refractivity contribution in [2.24, 2.45) is 0 Å². The van der Waals surface area contributed by atoms with Crippen molar-refractivity contribution in [3.05, 3.63) is 89.2 Å². The molecule has 30 heavy (non-hydrogen) atoms. The molecule has 0 saturated carbocycles. The predicted octanol–water partition coefficient (Wildman–Crippen LogP) is 4.63. The molecule has 1 N–H and O–H groups in total. The van der Waals surface area contributed by atoms with Crippen LogP contribution < -0.4 is 10.1 Å². The molecule has 0 bridgehead atoms. The molecular formula is C23H21N5O2. The monoisotopic (exact) mass is 399 g/mol. The lowest BCUT2D eigenvalue weighted by Gasteiger charge is -2.09. The second-order valence-electron chi connectivity index (χ2n) is 7.01. The Balaban J connectivity index is 1.39. The van der Waals surface area contributed by atoms with E-state index >= 15 is 0 Å². The maximum atomic E-state index is 12.4. The van der Waals surface area contributed by atoms with Gasteiger partial charge in [0.2, 0.25) is 5.88 Å². The van der Waals surface area contributed by atoms with Gasteiger partial charge in [0.15, 0.2) is 5.82 Å². The minimum atomic E-state index is -0.151. The van der Waals surface area contributed by atoms with Gasteiger partial charge in [-0.1, -0.05) is 6.07 Å². The first kappa shape index (κ1) is 19.3. The second-order valence-corrected chi connectivity index (χ2v) is 7.01. The molecule has 0 atom stereocenters. The molecule has 4 rings (SSSR count). The second kappa shape index (κ2) is 8.16. The molecule has 0 saturated heterocycles. The molecule has 2 aromatic carbocycles. The van der Waals surface area contributed by atoms with Crippen LogP contribution in [0, 0.1) is 20.8 Å². The molecule has 0 fully saturated rings. The number of amides is 1. The third kappa shape index (κ3) is 4.35. The van der Waals surface area contributed by atoms with E-state index in [0.29, 0.717) is 28.7 Å². The van der Waals surface area contributed by atoms with E-state index in [0.717, 1.165) is 16.8 Å². The third-order valence-electron chi connectivity index (χ3n) is 4.69. The quantitative estimate of drug-likeness (QED) is 0.529. The smallest absolute Gasteiger partial charge is 0.255 e. The van der Waals surface area contributed by atoms with Gasteiger partial charge in [-0.3, -0.25) is 4.79 Å². The normalized spacial score (nSPS) is 10.6. The van der Waals surface area contributed by atoms with E-state index in [1.165, 1.54) is 0 Å². The molecule has 7 heteroatoms. The van der Waals surface area contributed by atoms with Gasteiger partial charge in [0.05, 0.1) is 5.69 Å².